The summed E-state index contributed by atoms with van der Waals surface area (Å²) in [6.07, 6.45) is 3.29. The summed E-state index contributed by atoms with van der Waals surface area (Å²) in [4.78, 5) is 27.7. The Morgan fingerprint density at radius 3 is 2.55 bits per heavy atom. The molecule has 0 unspecified atom stereocenters. The molecule has 4 rings (SSSR count). The average Bonchev–Trinajstić information content (AvgIpc) is 3.22. The van der Waals surface area contributed by atoms with Gasteiger partial charge in [-0.25, -0.2) is 4.52 Å². The molecule has 7 nitrogen and oxygen atoms in total. The van der Waals surface area contributed by atoms with Crippen molar-refractivity contribution < 1.29 is 9.53 Å². The summed E-state index contributed by atoms with van der Waals surface area (Å²) in [5, 5.41) is 4.50. The quantitative estimate of drug-likeness (QED) is 0.482. The molecule has 0 N–H and O–H groups in total. The summed E-state index contributed by atoms with van der Waals surface area (Å²) in [6.45, 7) is 4.39. The molecule has 2 heterocycles. The van der Waals surface area contributed by atoms with Gasteiger partial charge in [-0.05, 0) is 61.9 Å². The van der Waals surface area contributed by atoms with Crippen LogP contribution in [-0.2, 0) is 11.3 Å². The topological polar surface area (TPSA) is 68.8 Å². The third kappa shape index (κ3) is 4.07. The molecule has 2 aromatic carbocycles. The number of carbonyl (C=O) groups is 1. The van der Waals surface area contributed by atoms with Crippen molar-refractivity contribution in [1.29, 1.82) is 0 Å². The third-order valence-corrected chi connectivity index (χ3v) is 5.23. The molecular formula is C24H24N4O3. The minimum atomic E-state index is -0.261. The number of rotatable bonds is 6. The zero-order valence-corrected chi connectivity index (χ0v) is 17.8. The fourth-order valence-electron chi connectivity index (χ4n) is 3.58. The summed E-state index contributed by atoms with van der Waals surface area (Å²) < 4.78 is 8.16. The molecule has 0 spiro atoms. The number of amides is 1. The minimum absolute atomic E-state index is 0.0415. The zero-order chi connectivity index (χ0) is 22.0. The maximum Gasteiger partial charge on any atom is 0.277 e. The Balaban J connectivity index is 1.63. The van der Waals surface area contributed by atoms with Crippen molar-refractivity contribution in [2.75, 3.05) is 18.6 Å². The molecule has 0 aliphatic rings. The van der Waals surface area contributed by atoms with E-state index in [9.17, 15) is 9.59 Å². The van der Waals surface area contributed by atoms with Crippen LogP contribution in [0.1, 0.15) is 12.5 Å². The first-order valence-corrected chi connectivity index (χ1v) is 10.1. The molecule has 0 atom stereocenters. The largest absolute Gasteiger partial charge is 0.497 e. The van der Waals surface area contributed by atoms with Gasteiger partial charge in [0.1, 0.15) is 17.8 Å². The van der Waals surface area contributed by atoms with Crippen LogP contribution < -0.4 is 15.2 Å². The second-order valence-electron chi connectivity index (χ2n) is 7.30. The second kappa shape index (κ2) is 8.47. The lowest BCUT2D eigenvalue weighted by Crippen LogP contribution is -2.36. The van der Waals surface area contributed by atoms with Gasteiger partial charge in [0, 0.05) is 30.2 Å². The van der Waals surface area contributed by atoms with Gasteiger partial charge in [0.05, 0.1) is 12.8 Å². The highest BCUT2D eigenvalue weighted by atomic mass is 16.5. The monoisotopic (exact) mass is 416 g/mol. The summed E-state index contributed by atoms with van der Waals surface area (Å²) in [7, 11) is 1.61. The lowest BCUT2D eigenvalue weighted by atomic mass is 10.1. The number of methoxy groups -OCH3 is 1. The highest BCUT2D eigenvalue weighted by Gasteiger charge is 2.17. The van der Waals surface area contributed by atoms with Crippen molar-refractivity contribution in [2.45, 2.75) is 20.4 Å². The van der Waals surface area contributed by atoms with E-state index >= 15 is 0 Å². The molecule has 0 saturated carbocycles. The molecule has 2 aromatic heterocycles. The van der Waals surface area contributed by atoms with Crippen LogP contribution in [0.5, 0.6) is 5.75 Å². The maximum atomic E-state index is 13.0. The van der Waals surface area contributed by atoms with E-state index in [1.165, 1.54) is 4.57 Å². The number of carbonyl (C=O) groups excluding carboxylic acids is 1. The van der Waals surface area contributed by atoms with Crippen LogP contribution in [-0.4, -0.2) is 33.7 Å². The van der Waals surface area contributed by atoms with Crippen LogP contribution in [0.15, 0.2) is 71.8 Å². The number of benzene rings is 2. The van der Waals surface area contributed by atoms with Crippen LogP contribution in [0.3, 0.4) is 0 Å². The highest BCUT2D eigenvalue weighted by Crippen LogP contribution is 2.22. The Morgan fingerprint density at radius 1 is 1.10 bits per heavy atom. The number of aromatic nitrogens is 3. The van der Waals surface area contributed by atoms with Crippen molar-refractivity contribution in [1.82, 2.24) is 14.2 Å². The lowest BCUT2D eigenvalue weighted by Gasteiger charge is -2.22. The van der Waals surface area contributed by atoms with Gasteiger partial charge in [-0.15, -0.1) is 0 Å². The van der Waals surface area contributed by atoms with Crippen molar-refractivity contribution in [3.05, 3.63) is 82.9 Å². The lowest BCUT2D eigenvalue weighted by molar-refractivity contribution is -0.119. The molecule has 4 aromatic rings. The van der Waals surface area contributed by atoms with Crippen LogP contribution in [0.25, 0.3) is 16.8 Å². The third-order valence-electron chi connectivity index (χ3n) is 5.23. The van der Waals surface area contributed by atoms with Gasteiger partial charge in [-0.3, -0.25) is 9.59 Å². The standard InChI is InChI=1S/C24H24N4O3/c1-4-27(19-7-5-6-17(2)14-19)23(29)16-26-12-13-28-22(24(26)30)15-21(25-28)18-8-10-20(31-3)11-9-18/h5-15H,4,16H2,1-3H3. The van der Waals surface area contributed by atoms with E-state index in [2.05, 4.69) is 5.10 Å². The smallest absolute Gasteiger partial charge is 0.277 e. The number of likely N-dealkylation sites (N-methyl/N-ethyl adjacent to an activating group) is 1. The van der Waals surface area contributed by atoms with Crippen molar-refractivity contribution in [3.8, 4) is 17.0 Å². The zero-order valence-electron chi connectivity index (χ0n) is 17.8. The van der Waals surface area contributed by atoms with Crippen LogP contribution in [0, 0.1) is 6.92 Å². The number of anilines is 1. The van der Waals surface area contributed by atoms with Gasteiger partial charge in [0.15, 0.2) is 0 Å². The first-order chi connectivity index (χ1) is 15.0. The molecule has 0 saturated heterocycles. The van der Waals surface area contributed by atoms with Crippen LogP contribution in [0.2, 0.25) is 0 Å². The average molecular weight is 416 g/mol. The number of nitrogens with zero attached hydrogens (tertiary/aromatic N) is 4. The predicted molar refractivity (Wildman–Crippen MR) is 121 cm³/mol. The number of hydrogen-bond donors (Lipinski definition) is 0. The summed E-state index contributed by atoms with van der Waals surface area (Å²) in [5.41, 5.74) is 3.62. The molecule has 1 amide bonds. The maximum absolute atomic E-state index is 13.0. The minimum Gasteiger partial charge on any atom is -0.497 e. The van der Waals surface area contributed by atoms with Gasteiger partial charge in [-0.2, -0.15) is 5.10 Å². The summed E-state index contributed by atoms with van der Waals surface area (Å²) in [6, 6.07) is 17.0. The second-order valence-corrected chi connectivity index (χ2v) is 7.30. The van der Waals surface area contributed by atoms with E-state index in [1.54, 1.807) is 35.0 Å². The predicted octanol–water partition coefficient (Wildman–Crippen LogP) is 3.53. The number of aryl methyl sites for hydroxylation is 1. The van der Waals surface area contributed by atoms with Crippen molar-refractivity contribution >= 4 is 17.1 Å². The SMILES string of the molecule is CCN(C(=O)Cn1ccn2nc(-c3ccc(OC)cc3)cc2c1=O)c1cccc(C)c1. The van der Waals surface area contributed by atoms with Gasteiger partial charge in [0.2, 0.25) is 5.91 Å². The molecule has 0 aliphatic carbocycles. The van der Waals surface area contributed by atoms with Gasteiger partial charge in [-0.1, -0.05) is 12.1 Å². The number of ether oxygens (including phenoxy) is 1. The van der Waals surface area contributed by atoms with E-state index < -0.39 is 0 Å². The first kappa shape index (κ1) is 20.4. The first-order valence-electron chi connectivity index (χ1n) is 10.1. The van der Waals surface area contributed by atoms with Crippen LogP contribution in [0.4, 0.5) is 5.69 Å². The van der Waals surface area contributed by atoms with E-state index in [0.717, 1.165) is 22.6 Å². The van der Waals surface area contributed by atoms with Crippen LogP contribution >= 0.6 is 0 Å². The molecule has 0 radical (unpaired) electrons. The van der Waals surface area contributed by atoms with Gasteiger partial charge in [0.25, 0.3) is 5.56 Å². The molecule has 0 bridgehead atoms. The van der Waals surface area contributed by atoms with E-state index in [0.29, 0.717) is 17.8 Å². The Hall–Kier alpha value is -3.87. The van der Waals surface area contributed by atoms with Gasteiger partial charge < -0.3 is 14.2 Å². The molecule has 0 fully saturated rings. The Bertz CT molecular complexity index is 1290. The van der Waals surface area contributed by atoms with E-state index in [-0.39, 0.29) is 18.0 Å². The number of fused-ring (bicyclic) bond motifs is 1. The Labute approximate surface area is 180 Å². The molecular weight excluding hydrogens is 392 g/mol. The molecule has 7 heteroatoms. The molecule has 0 aliphatic heterocycles. The summed E-state index contributed by atoms with van der Waals surface area (Å²) in [5.74, 6) is 0.608. The fraction of sp³-hybridized carbons (Fsp3) is 0.208. The Morgan fingerprint density at radius 2 is 1.87 bits per heavy atom. The highest BCUT2D eigenvalue weighted by molar-refractivity contribution is 5.93. The van der Waals surface area contributed by atoms with Crippen molar-refractivity contribution in [2.24, 2.45) is 0 Å². The van der Waals surface area contributed by atoms with Gasteiger partial charge >= 0.3 is 0 Å². The molecule has 31 heavy (non-hydrogen) atoms. The van der Waals surface area contributed by atoms with Crippen molar-refractivity contribution in [3.63, 3.8) is 0 Å². The van der Waals surface area contributed by atoms with E-state index in [1.807, 2.05) is 62.4 Å². The molecule has 158 valence electrons. The van der Waals surface area contributed by atoms with E-state index in [4.69, 9.17) is 4.74 Å². The normalized spacial score (nSPS) is 10.9. The summed E-state index contributed by atoms with van der Waals surface area (Å²) >= 11 is 0. The fourth-order valence-corrected chi connectivity index (χ4v) is 3.58. The Kier molecular flexibility index (Phi) is 5.58. The number of hydrogen-bond acceptors (Lipinski definition) is 4.